The van der Waals surface area contributed by atoms with E-state index in [2.05, 4.69) is 13.0 Å². The summed E-state index contributed by atoms with van der Waals surface area (Å²) in [5.74, 6) is -0.0672. The van der Waals surface area contributed by atoms with Gasteiger partial charge in [0.2, 0.25) is 0 Å². The van der Waals surface area contributed by atoms with Crippen LogP contribution in [0.3, 0.4) is 0 Å². The monoisotopic (exact) mass is 273 g/mol. The molecule has 0 spiro atoms. The van der Waals surface area contributed by atoms with Crippen molar-refractivity contribution in [2.45, 2.75) is 18.7 Å². The second kappa shape index (κ2) is 4.25. The maximum atomic E-state index is 12.6. The van der Waals surface area contributed by atoms with E-state index in [1.165, 1.54) is 9.97 Å². The number of nitrogens with zero attached hydrogens (tertiary/aromatic N) is 1. The van der Waals surface area contributed by atoms with Crippen LogP contribution in [0, 0.1) is 0 Å². The molecule has 2 aliphatic heterocycles. The number of hydrogen-bond donors (Lipinski definition) is 0. The van der Waals surface area contributed by atoms with E-state index in [9.17, 15) is 4.79 Å². The first-order valence-corrected chi connectivity index (χ1v) is 6.95. The van der Waals surface area contributed by atoms with Gasteiger partial charge >= 0.3 is 0 Å². The molecule has 1 atom stereocenters. The number of fused-ring (bicyclic) bond motifs is 1. The Hall–Kier alpha value is -1.52. The van der Waals surface area contributed by atoms with Crippen LogP contribution in [-0.2, 0) is 9.63 Å². The van der Waals surface area contributed by atoms with Crippen molar-refractivity contribution in [3.63, 3.8) is 0 Å². The van der Waals surface area contributed by atoms with Crippen molar-refractivity contribution in [3.8, 4) is 0 Å². The molecule has 1 unspecified atom stereocenters. The fourth-order valence-electron chi connectivity index (χ4n) is 2.74. The van der Waals surface area contributed by atoms with Gasteiger partial charge in [0.05, 0.1) is 12.7 Å². The molecule has 19 heavy (non-hydrogen) atoms. The second-order valence-corrected chi connectivity index (χ2v) is 6.42. The number of carbonyl (C=O) groups excluding carboxylic acids is 1. The Bertz CT molecular complexity index is 606. The molecule has 1 aromatic rings. The van der Waals surface area contributed by atoms with Gasteiger partial charge in [0.15, 0.2) is 0 Å². The highest BCUT2D eigenvalue weighted by molar-refractivity contribution is 8.04. The zero-order chi connectivity index (χ0) is 13.6. The molecule has 3 nitrogen and oxygen atoms in total. The van der Waals surface area contributed by atoms with E-state index in [0.29, 0.717) is 0 Å². The Morgan fingerprint density at radius 2 is 1.95 bits per heavy atom. The molecule has 3 rings (SSSR count). The Morgan fingerprint density at radius 1 is 1.26 bits per heavy atom. The van der Waals surface area contributed by atoms with E-state index in [0.717, 1.165) is 16.7 Å². The van der Waals surface area contributed by atoms with E-state index < -0.39 is 4.87 Å². The lowest BCUT2D eigenvalue weighted by atomic mass is 9.99. The van der Waals surface area contributed by atoms with Gasteiger partial charge in [-0.25, -0.2) is 0 Å². The predicted molar refractivity (Wildman–Crippen MR) is 77.0 cm³/mol. The van der Waals surface area contributed by atoms with Crippen LogP contribution in [0.1, 0.15) is 19.4 Å². The van der Waals surface area contributed by atoms with Gasteiger partial charge in [0.1, 0.15) is 4.87 Å². The van der Waals surface area contributed by atoms with Crippen LogP contribution in [-0.4, -0.2) is 23.0 Å². The Kier molecular flexibility index (Phi) is 2.80. The maximum absolute atomic E-state index is 12.6. The lowest BCUT2D eigenvalue weighted by molar-refractivity contribution is -0.176. The Morgan fingerprint density at radius 3 is 2.58 bits per heavy atom. The van der Waals surface area contributed by atoms with Crippen LogP contribution < -0.4 is 0 Å². The zero-order valence-electron chi connectivity index (χ0n) is 11.1. The van der Waals surface area contributed by atoms with Gasteiger partial charge in [-0.2, -0.15) is 5.06 Å². The summed E-state index contributed by atoms with van der Waals surface area (Å²) in [5, 5.41) is 1.47. The summed E-state index contributed by atoms with van der Waals surface area (Å²) in [6.07, 6.45) is 2.09. The fraction of sp³-hybridized carbons (Fsp3) is 0.267. The maximum Gasteiger partial charge on any atom is 0.280 e. The normalized spacial score (nSPS) is 25.9. The minimum atomic E-state index is -0.443. The van der Waals surface area contributed by atoms with Gasteiger partial charge in [-0.1, -0.05) is 42.1 Å². The number of carbonyl (C=O) groups is 1. The van der Waals surface area contributed by atoms with Crippen molar-refractivity contribution in [1.82, 2.24) is 5.06 Å². The van der Waals surface area contributed by atoms with E-state index in [1.54, 1.807) is 18.9 Å². The summed E-state index contributed by atoms with van der Waals surface area (Å²) in [5.41, 5.74) is 2.72. The lowest BCUT2D eigenvalue weighted by Crippen LogP contribution is -2.41. The number of allylic oxidation sites excluding steroid dienone is 1. The zero-order valence-corrected chi connectivity index (χ0v) is 12.0. The van der Waals surface area contributed by atoms with Crippen LogP contribution in [0.25, 0.3) is 5.57 Å². The first-order valence-electron chi connectivity index (χ1n) is 6.14. The predicted octanol–water partition coefficient (Wildman–Crippen LogP) is 3.21. The second-order valence-electron chi connectivity index (χ2n) is 4.78. The van der Waals surface area contributed by atoms with Gasteiger partial charge in [0, 0.05) is 5.57 Å². The van der Waals surface area contributed by atoms with E-state index >= 15 is 0 Å². The summed E-state index contributed by atoms with van der Waals surface area (Å²) in [6.45, 7) is 4.08. The standard InChI is InChI=1S/C15H15NO2S/c1-10-9-12-13(11-7-5-4-6-8-11)14(17)16(18-3)15(12,2)19-10/h4-9H,1-3H3. The van der Waals surface area contributed by atoms with Crippen molar-refractivity contribution < 1.29 is 9.63 Å². The molecule has 2 heterocycles. The number of hydrogen-bond acceptors (Lipinski definition) is 3. The van der Waals surface area contributed by atoms with Crippen molar-refractivity contribution in [2.24, 2.45) is 0 Å². The van der Waals surface area contributed by atoms with Gasteiger partial charge in [-0.3, -0.25) is 9.63 Å². The van der Waals surface area contributed by atoms with Gasteiger partial charge in [-0.05, 0) is 30.4 Å². The third kappa shape index (κ3) is 1.67. The molecule has 1 aromatic carbocycles. The molecule has 0 saturated heterocycles. The lowest BCUT2D eigenvalue weighted by Gasteiger charge is -2.30. The Balaban J connectivity index is 2.21. The van der Waals surface area contributed by atoms with Crippen LogP contribution in [0.5, 0.6) is 0 Å². The van der Waals surface area contributed by atoms with Crippen molar-refractivity contribution >= 4 is 23.2 Å². The summed E-state index contributed by atoms with van der Waals surface area (Å²) in [6, 6.07) is 9.77. The molecule has 1 amide bonds. The van der Waals surface area contributed by atoms with Crippen LogP contribution >= 0.6 is 11.8 Å². The van der Waals surface area contributed by atoms with Crippen molar-refractivity contribution in [2.75, 3.05) is 7.11 Å². The van der Waals surface area contributed by atoms with Crippen molar-refractivity contribution in [1.29, 1.82) is 0 Å². The average molecular weight is 273 g/mol. The molecule has 4 heteroatoms. The molecule has 2 aliphatic rings. The first kappa shape index (κ1) is 12.5. The van der Waals surface area contributed by atoms with Gasteiger partial charge in [-0.15, -0.1) is 0 Å². The number of amides is 1. The van der Waals surface area contributed by atoms with E-state index in [4.69, 9.17) is 4.84 Å². The molecule has 0 aromatic heterocycles. The Labute approximate surface area is 116 Å². The SMILES string of the molecule is CON1C(=O)C(c2ccccc2)=C2C=C(C)SC21C. The molecular weight excluding hydrogens is 258 g/mol. The van der Waals surface area contributed by atoms with Crippen LogP contribution in [0.4, 0.5) is 0 Å². The molecule has 0 fully saturated rings. The largest absolute Gasteiger partial charge is 0.280 e. The fourth-order valence-corrected chi connectivity index (χ4v) is 4.06. The van der Waals surface area contributed by atoms with Crippen LogP contribution in [0.2, 0.25) is 0 Å². The quantitative estimate of drug-likeness (QED) is 0.828. The first-order chi connectivity index (χ1) is 9.08. The molecule has 0 N–H and O–H groups in total. The molecule has 0 bridgehead atoms. The molecule has 0 aliphatic carbocycles. The highest BCUT2D eigenvalue weighted by Crippen LogP contribution is 2.54. The summed E-state index contributed by atoms with van der Waals surface area (Å²) in [4.78, 5) is 18.6. The number of rotatable bonds is 2. The molecular formula is C15H15NO2S. The topological polar surface area (TPSA) is 29.5 Å². The summed E-state index contributed by atoms with van der Waals surface area (Å²) >= 11 is 1.66. The molecule has 0 saturated carbocycles. The van der Waals surface area contributed by atoms with E-state index in [1.807, 2.05) is 37.3 Å². The summed E-state index contributed by atoms with van der Waals surface area (Å²) < 4.78 is 0. The minimum Gasteiger partial charge on any atom is -0.272 e. The molecule has 98 valence electrons. The number of benzene rings is 1. The van der Waals surface area contributed by atoms with Crippen LogP contribution in [0.15, 0.2) is 46.9 Å². The molecule has 0 radical (unpaired) electrons. The number of hydroxylamine groups is 2. The number of thioether (sulfide) groups is 1. The highest BCUT2D eigenvalue weighted by atomic mass is 32.2. The third-order valence-electron chi connectivity index (χ3n) is 3.51. The average Bonchev–Trinajstić information content (AvgIpc) is 2.77. The van der Waals surface area contributed by atoms with Crippen molar-refractivity contribution in [3.05, 3.63) is 52.4 Å². The smallest absolute Gasteiger partial charge is 0.272 e. The minimum absolute atomic E-state index is 0.0672. The summed E-state index contributed by atoms with van der Waals surface area (Å²) in [7, 11) is 1.54. The van der Waals surface area contributed by atoms with Gasteiger partial charge < -0.3 is 0 Å². The third-order valence-corrected chi connectivity index (χ3v) is 4.73. The van der Waals surface area contributed by atoms with Gasteiger partial charge in [0.25, 0.3) is 5.91 Å². The highest BCUT2D eigenvalue weighted by Gasteiger charge is 2.52. The van der Waals surface area contributed by atoms with E-state index in [-0.39, 0.29) is 5.91 Å².